The predicted octanol–water partition coefficient (Wildman–Crippen LogP) is 2.31. The lowest BCUT2D eigenvalue weighted by atomic mass is 10.2. The summed E-state index contributed by atoms with van der Waals surface area (Å²) in [5.41, 5.74) is 0.526. The number of anilines is 2. The van der Waals surface area contributed by atoms with Crippen LogP contribution in [0.4, 0.5) is 20.6 Å². The molecular weight excluding hydrogens is 357 g/mol. The molecule has 3 rings (SSSR count). The number of ether oxygens (including phenoxy) is 2. The summed E-state index contributed by atoms with van der Waals surface area (Å²) in [6, 6.07) is 7.39. The Labute approximate surface area is 154 Å². The average Bonchev–Trinajstić information content (AvgIpc) is 3.12. The summed E-state index contributed by atoms with van der Waals surface area (Å²) < 4.78 is 24.4. The van der Waals surface area contributed by atoms with Crippen LogP contribution in [-0.4, -0.2) is 36.5 Å². The van der Waals surface area contributed by atoms with Crippen molar-refractivity contribution >= 4 is 23.3 Å². The molecule has 142 valence electrons. The molecule has 0 spiro atoms. The topological polar surface area (TPSA) is 109 Å². The molecule has 9 heteroatoms. The van der Waals surface area contributed by atoms with Crippen molar-refractivity contribution in [2.45, 2.75) is 13.0 Å². The fraction of sp³-hybridized carbons (Fsp3) is 0.222. The predicted molar refractivity (Wildman–Crippen MR) is 95.6 cm³/mol. The summed E-state index contributed by atoms with van der Waals surface area (Å²) in [6.45, 7) is 1.45. The summed E-state index contributed by atoms with van der Waals surface area (Å²) in [7, 11) is 0. The van der Waals surface area contributed by atoms with Gasteiger partial charge in [0.05, 0.1) is 18.3 Å². The zero-order valence-corrected chi connectivity index (χ0v) is 14.4. The van der Waals surface area contributed by atoms with Crippen LogP contribution in [0.1, 0.15) is 17.3 Å². The molecule has 2 aromatic rings. The smallest absolute Gasteiger partial charge is 0.319 e. The highest BCUT2D eigenvalue weighted by atomic mass is 19.1. The van der Waals surface area contributed by atoms with Gasteiger partial charge in [-0.25, -0.2) is 9.18 Å². The highest BCUT2D eigenvalue weighted by Gasteiger charge is 2.17. The van der Waals surface area contributed by atoms with Gasteiger partial charge in [-0.15, -0.1) is 0 Å². The zero-order valence-electron chi connectivity index (χ0n) is 14.4. The Morgan fingerprint density at radius 3 is 2.70 bits per heavy atom. The maximum Gasteiger partial charge on any atom is 0.319 e. The molecule has 1 aliphatic rings. The number of carbonyl (C=O) groups excluding carboxylic acids is 2. The molecule has 2 aromatic carbocycles. The summed E-state index contributed by atoms with van der Waals surface area (Å²) in [5.74, 6) is -0.0613. The number of aliphatic hydroxyl groups excluding tert-OH is 1. The van der Waals surface area contributed by atoms with Gasteiger partial charge in [-0.3, -0.25) is 4.79 Å². The molecule has 27 heavy (non-hydrogen) atoms. The minimum Gasteiger partial charge on any atom is -0.454 e. The third kappa shape index (κ3) is 4.45. The third-order valence-corrected chi connectivity index (χ3v) is 3.76. The van der Waals surface area contributed by atoms with Crippen molar-refractivity contribution in [2.75, 3.05) is 24.0 Å². The highest BCUT2D eigenvalue weighted by Crippen LogP contribution is 2.32. The van der Waals surface area contributed by atoms with Gasteiger partial charge in [-0.2, -0.15) is 0 Å². The van der Waals surface area contributed by atoms with Gasteiger partial charge in [0.15, 0.2) is 11.5 Å². The standard InChI is InChI=1S/C18H18FN3O5/c1-10(8-23)20-18(25)22-14-7-12(3-4-13(14)19)21-17(24)11-2-5-15-16(6-11)27-9-26-15/h2-7,10,23H,8-9H2,1H3,(H,21,24)(H2,20,22,25)/t10-/m1/s1. The van der Waals surface area contributed by atoms with Crippen molar-refractivity contribution in [2.24, 2.45) is 0 Å². The van der Waals surface area contributed by atoms with Crippen molar-refractivity contribution in [3.63, 3.8) is 0 Å². The van der Waals surface area contributed by atoms with Crippen LogP contribution >= 0.6 is 0 Å². The quantitative estimate of drug-likeness (QED) is 0.641. The molecule has 4 N–H and O–H groups in total. The summed E-state index contributed by atoms with van der Waals surface area (Å²) >= 11 is 0. The lowest BCUT2D eigenvalue weighted by Gasteiger charge is -2.13. The summed E-state index contributed by atoms with van der Waals surface area (Å²) in [6.07, 6.45) is 0. The second-order valence-corrected chi connectivity index (χ2v) is 5.90. The van der Waals surface area contributed by atoms with Gasteiger partial charge in [0.1, 0.15) is 5.82 Å². The first-order chi connectivity index (χ1) is 13.0. The van der Waals surface area contributed by atoms with Gasteiger partial charge in [-0.1, -0.05) is 0 Å². The average molecular weight is 375 g/mol. The van der Waals surface area contributed by atoms with Gasteiger partial charge in [0, 0.05) is 11.3 Å². The van der Waals surface area contributed by atoms with E-state index < -0.39 is 23.8 Å². The molecule has 3 amide bonds. The number of benzene rings is 2. The normalized spacial score (nSPS) is 13.0. The fourth-order valence-corrected chi connectivity index (χ4v) is 2.37. The van der Waals surface area contributed by atoms with Crippen molar-refractivity contribution in [3.05, 3.63) is 47.8 Å². The van der Waals surface area contributed by atoms with Crippen LogP contribution in [0.5, 0.6) is 11.5 Å². The summed E-state index contributed by atoms with van der Waals surface area (Å²) in [4.78, 5) is 24.2. The van der Waals surface area contributed by atoms with E-state index in [1.54, 1.807) is 25.1 Å². The molecule has 1 heterocycles. The number of hydrogen-bond acceptors (Lipinski definition) is 5. The van der Waals surface area contributed by atoms with Crippen molar-refractivity contribution in [1.29, 1.82) is 0 Å². The Hall–Kier alpha value is -3.33. The van der Waals surface area contributed by atoms with E-state index in [4.69, 9.17) is 14.6 Å². The number of rotatable bonds is 5. The van der Waals surface area contributed by atoms with Crippen LogP contribution in [0, 0.1) is 5.82 Å². The number of aliphatic hydroxyl groups is 1. The SMILES string of the molecule is C[C@H](CO)NC(=O)Nc1cc(NC(=O)c2ccc3c(c2)OCO3)ccc1F. The monoisotopic (exact) mass is 375 g/mol. The van der Waals surface area contributed by atoms with Crippen molar-refractivity contribution in [3.8, 4) is 11.5 Å². The Morgan fingerprint density at radius 2 is 1.93 bits per heavy atom. The van der Waals surface area contributed by atoms with E-state index in [1.807, 2.05) is 0 Å². The molecule has 1 atom stereocenters. The van der Waals surface area contributed by atoms with Gasteiger partial charge < -0.3 is 30.5 Å². The van der Waals surface area contributed by atoms with Crippen molar-refractivity contribution < 1.29 is 28.6 Å². The lowest BCUT2D eigenvalue weighted by Crippen LogP contribution is -2.38. The number of amides is 3. The molecule has 0 aliphatic carbocycles. The van der Waals surface area contributed by atoms with E-state index >= 15 is 0 Å². The third-order valence-electron chi connectivity index (χ3n) is 3.76. The molecule has 0 saturated carbocycles. The highest BCUT2D eigenvalue weighted by molar-refractivity contribution is 6.05. The van der Waals surface area contributed by atoms with Gasteiger partial charge in [0.25, 0.3) is 5.91 Å². The Morgan fingerprint density at radius 1 is 1.15 bits per heavy atom. The molecule has 1 aliphatic heterocycles. The molecule has 8 nitrogen and oxygen atoms in total. The largest absolute Gasteiger partial charge is 0.454 e. The Bertz CT molecular complexity index is 874. The number of carbonyl (C=O) groups is 2. The van der Waals surface area contributed by atoms with Gasteiger partial charge in [-0.05, 0) is 43.3 Å². The number of hydrogen-bond donors (Lipinski definition) is 4. The number of nitrogens with one attached hydrogen (secondary N) is 3. The van der Waals surface area contributed by atoms with E-state index in [2.05, 4.69) is 16.0 Å². The van der Waals surface area contributed by atoms with Gasteiger partial charge >= 0.3 is 6.03 Å². The number of halogens is 1. The molecular formula is C18H18FN3O5. The molecule has 0 aromatic heterocycles. The zero-order chi connectivity index (χ0) is 19.4. The molecule has 0 saturated heterocycles. The molecule has 0 bridgehead atoms. The van der Waals surface area contributed by atoms with E-state index in [-0.39, 0.29) is 19.1 Å². The van der Waals surface area contributed by atoms with Crippen LogP contribution in [0.2, 0.25) is 0 Å². The molecule has 0 fully saturated rings. The minimum absolute atomic E-state index is 0.102. The van der Waals surface area contributed by atoms with E-state index in [0.29, 0.717) is 22.7 Å². The summed E-state index contributed by atoms with van der Waals surface area (Å²) in [5, 5.41) is 16.3. The first kappa shape index (κ1) is 18.5. The first-order valence-corrected chi connectivity index (χ1v) is 8.15. The first-order valence-electron chi connectivity index (χ1n) is 8.15. The van der Waals surface area contributed by atoms with Crippen LogP contribution < -0.4 is 25.4 Å². The second kappa shape index (κ2) is 7.92. The Balaban J connectivity index is 1.70. The van der Waals surface area contributed by atoms with E-state index in [0.717, 1.165) is 6.07 Å². The van der Waals surface area contributed by atoms with Crippen LogP contribution in [0.15, 0.2) is 36.4 Å². The maximum absolute atomic E-state index is 13.9. The Kier molecular flexibility index (Phi) is 5.41. The second-order valence-electron chi connectivity index (χ2n) is 5.90. The van der Waals surface area contributed by atoms with Gasteiger partial charge in [0.2, 0.25) is 6.79 Å². The van der Waals surface area contributed by atoms with Crippen LogP contribution in [-0.2, 0) is 0 Å². The lowest BCUT2D eigenvalue weighted by molar-refractivity contribution is 0.102. The van der Waals surface area contributed by atoms with E-state index in [1.165, 1.54) is 12.1 Å². The minimum atomic E-state index is -0.672. The van der Waals surface area contributed by atoms with Crippen LogP contribution in [0.25, 0.3) is 0 Å². The molecule has 0 radical (unpaired) electrons. The number of urea groups is 1. The number of fused-ring (bicyclic) bond motifs is 1. The van der Waals surface area contributed by atoms with Crippen LogP contribution in [0.3, 0.4) is 0 Å². The molecule has 0 unspecified atom stereocenters. The maximum atomic E-state index is 13.9. The van der Waals surface area contributed by atoms with Crippen molar-refractivity contribution in [1.82, 2.24) is 5.32 Å². The van der Waals surface area contributed by atoms with E-state index in [9.17, 15) is 14.0 Å². The fourth-order valence-electron chi connectivity index (χ4n) is 2.37.